The van der Waals surface area contributed by atoms with Gasteiger partial charge in [-0.1, -0.05) is 71.1 Å². The molecule has 0 aromatic heterocycles. The number of unbranched alkanes of at least 4 members (excludes halogenated alkanes) is 10. The summed E-state index contributed by atoms with van der Waals surface area (Å²) in [6.07, 6.45) is 16.2. The highest BCUT2D eigenvalue weighted by Crippen LogP contribution is 2.11. The molecular formula is C16H32NO. The van der Waals surface area contributed by atoms with E-state index >= 15 is 0 Å². The van der Waals surface area contributed by atoms with Crippen LogP contribution in [0.25, 0.3) is 0 Å². The standard InChI is InChI=1S/C16H32NO/c1-4-5-6-7-8-9-10-11-12-13-14-15-16(18)17(2)3/h15H,4-14H2,1-3H3. The van der Waals surface area contributed by atoms with Crippen LogP contribution in [0.5, 0.6) is 0 Å². The fourth-order valence-corrected chi connectivity index (χ4v) is 2.04. The van der Waals surface area contributed by atoms with E-state index < -0.39 is 0 Å². The molecule has 0 atom stereocenters. The highest BCUT2D eigenvalue weighted by molar-refractivity contribution is 5.84. The van der Waals surface area contributed by atoms with Gasteiger partial charge in [0.25, 0.3) is 0 Å². The zero-order valence-electron chi connectivity index (χ0n) is 12.7. The lowest BCUT2D eigenvalue weighted by molar-refractivity contribution is -0.125. The monoisotopic (exact) mass is 254 g/mol. The maximum Gasteiger partial charge on any atom is 0.225 e. The number of amides is 1. The molecule has 0 fully saturated rings. The van der Waals surface area contributed by atoms with E-state index in [1.165, 1.54) is 57.8 Å². The Morgan fingerprint density at radius 1 is 0.833 bits per heavy atom. The smallest absolute Gasteiger partial charge is 0.225 e. The van der Waals surface area contributed by atoms with Gasteiger partial charge in [-0.2, -0.15) is 0 Å². The van der Waals surface area contributed by atoms with Crippen molar-refractivity contribution in [3.05, 3.63) is 6.42 Å². The number of hydrogen-bond donors (Lipinski definition) is 0. The summed E-state index contributed by atoms with van der Waals surface area (Å²) in [5.74, 6) is 0.144. The molecule has 0 aliphatic rings. The number of nitrogens with zero attached hydrogens (tertiary/aromatic N) is 1. The SMILES string of the molecule is CCCCCCCCCCCC[CH]C(=O)N(C)C. The fraction of sp³-hybridized carbons (Fsp3) is 0.875. The van der Waals surface area contributed by atoms with Gasteiger partial charge in [0.15, 0.2) is 0 Å². The summed E-state index contributed by atoms with van der Waals surface area (Å²) in [5.41, 5.74) is 0. The minimum atomic E-state index is 0.144. The molecule has 0 bridgehead atoms. The molecule has 0 spiro atoms. The van der Waals surface area contributed by atoms with Gasteiger partial charge in [0.1, 0.15) is 0 Å². The minimum Gasteiger partial charge on any atom is -0.349 e. The van der Waals surface area contributed by atoms with E-state index in [-0.39, 0.29) is 5.91 Å². The van der Waals surface area contributed by atoms with Crippen molar-refractivity contribution in [1.29, 1.82) is 0 Å². The average molecular weight is 254 g/mol. The maximum absolute atomic E-state index is 11.3. The zero-order valence-corrected chi connectivity index (χ0v) is 12.7. The first-order valence-electron chi connectivity index (χ1n) is 7.73. The predicted molar refractivity (Wildman–Crippen MR) is 79.5 cm³/mol. The average Bonchev–Trinajstić information content (AvgIpc) is 2.35. The van der Waals surface area contributed by atoms with Crippen molar-refractivity contribution in [3.63, 3.8) is 0 Å². The van der Waals surface area contributed by atoms with E-state index in [0.29, 0.717) is 0 Å². The molecular weight excluding hydrogens is 222 g/mol. The molecule has 2 heteroatoms. The fourth-order valence-electron chi connectivity index (χ4n) is 2.04. The van der Waals surface area contributed by atoms with E-state index in [1.54, 1.807) is 19.0 Å². The lowest BCUT2D eigenvalue weighted by atomic mass is 10.1. The van der Waals surface area contributed by atoms with Crippen molar-refractivity contribution >= 4 is 5.91 Å². The third-order valence-electron chi connectivity index (χ3n) is 3.32. The Bertz CT molecular complexity index is 190. The van der Waals surface area contributed by atoms with Gasteiger partial charge >= 0.3 is 0 Å². The predicted octanol–water partition coefficient (Wildman–Crippen LogP) is 4.59. The van der Waals surface area contributed by atoms with Crippen molar-refractivity contribution in [2.24, 2.45) is 0 Å². The van der Waals surface area contributed by atoms with Gasteiger partial charge in [-0.05, 0) is 6.42 Å². The third kappa shape index (κ3) is 11.9. The Hall–Kier alpha value is -0.530. The third-order valence-corrected chi connectivity index (χ3v) is 3.32. The molecule has 0 saturated carbocycles. The van der Waals surface area contributed by atoms with Crippen molar-refractivity contribution in [1.82, 2.24) is 4.90 Å². The Balaban J connectivity index is 3.05. The number of rotatable bonds is 12. The molecule has 1 radical (unpaired) electrons. The van der Waals surface area contributed by atoms with E-state index in [4.69, 9.17) is 0 Å². The van der Waals surface area contributed by atoms with Gasteiger partial charge in [-0.3, -0.25) is 4.79 Å². The van der Waals surface area contributed by atoms with Crippen LogP contribution in [0, 0.1) is 6.42 Å². The zero-order chi connectivity index (χ0) is 13.6. The van der Waals surface area contributed by atoms with E-state index in [1.807, 2.05) is 6.42 Å². The van der Waals surface area contributed by atoms with Crippen LogP contribution >= 0.6 is 0 Å². The van der Waals surface area contributed by atoms with Gasteiger partial charge in [0.05, 0.1) is 0 Å². The summed E-state index contributed by atoms with van der Waals surface area (Å²) in [5, 5.41) is 0. The molecule has 0 aliphatic heterocycles. The first kappa shape index (κ1) is 17.5. The van der Waals surface area contributed by atoms with Crippen molar-refractivity contribution in [2.75, 3.05) is 14.1 Å². The van der Waals surface area contributed by atoms with Crippen molar-refractivity contribution < 1.29 is 4.79 Å². The van der Waals surface area contributed by atoms with Crippen molar-refractivity contribution in [3.8, 4) is 0 Å². The summed E-state index contributed by atoms with van der Waals surface area (Å²) in [6.45, 7) is 2.26. The molecule has 18 heavy (non-hydrogen) atoms. The number of carbonyl (C=O) groups is 1. The lowest BCUT2D eigenvalue weighted by Gasteiger charge is -2.09. The first-order valence-corrected chi connectivity index (χ1v) is 7.73. The molecule has 0 aromatic rings. The second-order valence-corrected chi connectivity index (χ2v) is 5.41. The maximum atomic E-state index is 11.3. The Morgan fingerprint density at radius 3 is 1.72 bits per heavy atom. The quantitative estimate of drug-likeness (QED) is 0.466. The molecule has 2 nitrogen and oxygen atoms in total. The summed E-state index contributed by atoms with van der Waals surface area (Å²) < 4.78 is 0. The van der Waals surface area contributed by atoms with Crippen LogP contribution in [0.4, 0.5) is 0 Å². The molecule has 0 rings (SSSR count). The summed E-state index contributed by atoms with van der Waals surface area (Å²) in [7, 11) is 3.61. The normalized spacial score (nSPS) is 10.6. The van der Waals surface area contributed by atoms with Gasteiger partial charge in [-0.25, -0.2) is 0 Å². The molecule has 107 valence electrons. The van der Waals surface area contributed by atoms with Crippen LogP contribution in [0.3, 0.4) is 0 Å². The van der Waals surface area contributed by atoms with Crippen LogP contribution in [-0.4, -0.2) is 24.9 Å². The van der Waals surface area contributed by atoms with Crippen LogP contribution in [-0.2, 0) is 4.79 Å². The first-order chi connectivity index (χ1) is 8.68. The molecule has 0 saturated heterocycles. The lowest BCUT2D eigenvalue weighted by Crippen LogP contribution is -2.21. The van der Waals surface area contributed by atoms with Crippen LogP contribution in [0.1, 0.15) is 77.6 Å². The highest BCUT2D eigenvalue weighted by Gasteiger charge is 2.02. The van der Waals surface area contributed by atoms with Crippen LogP contribution in [0.2, 0.25) is 0 Å². The van der Waals surface area contributed by atoms with E-state index in [2.05, 4.69) is 6.92 Å². The summed E-state index contributed by atoms with van der Waals surface area (Å²) in [6, 6.07) is 0. The summed E-state index contributed by atoms with van der Waals surface area (Å²) in [4.78, 5) is 12.9. The van der Waals surface area contributed by atoms with Gasteiger partial charge in [-0.15, -0.1) is 0 Å². The molecule has 1 amide bonds. The molecule has 0 aliphatic carbocycles. The Morgan fingerprint density at radius 2 is 1.28 bits per heavy atom. The molecule has 0 unspecified atom stereocenters. The topological polar surface area (TPSA) is 20.3 Å². The molecule has 0 N–H and O–H groups in total. The van der Waals surface area contributed by atoms with E-state index in [0.717, 1.165) is 12.8 Å². The van der Waals surface area contributed by atoms with Gasteiger partial charge < -0.3 is 4.90 Å². The van der Waals surface area contributed by atoms with Crippen LogP contribution < -0.4 is 0 Å². The van der Waals surface area contributed by atoms with Gasteiger partial charge in [0.2, 0.25) is 5.91 Å². The second-order valence-electron chi connectivity index (χ2n) is 5.41. The second kappa shape index (κ2) is 12.9. The summed E-state index contributed by atoms with van der Waals surface area (Å²) >= 11 is 0. The minimum absolute atomic E-state index is 0.144. The van der Waals surface area contributed by atoms with Crippen LogP contribution in [0.15, 0.2) is 0 Å². The Kier molecular flexibility index (Phi) is 12.5. The highest BCUT2D eigenvalue weighted by atomic mass is 16.2. The molecule has 0 heterocycles. The number of hydrogen-bond acceptors (Lipinski definition) is 1. The van der Waals surface area contributed by atoms with Crippen molar-refractivity contribution in [2.45, 2.75) is 77.6 Å². The number of carbonyl (C=O) groups excluding carboxylic acids is 1. The Labute approximate surface area is 114 Å². The van der Waals surface area contributed by atoms with Gasteiger partial charge in [0, 0.05) is 20.5 Å². The van der Waals surface area contributed by atoms with E-state index in [9.17, 15) is 4.79 Å². The largest absolute Gasteiger partial charge is 0.349 e. The molecule has 0 aromatic carbocycles.